The average Bonchev–Trinajstić information content (AvgIpc) is 3.12. The Balaban J connectivity index is 2.14. The van der Waals surface area contributed by atoms with E-state index in [-0.39, 0.29) is 12.2 Å². The van der Waals surface area contributed by atoms with Crippen LogP contribution in [0.5, 0.6) is 0 Å². The molecule has 3 aromatic rings. The number of rotatable bonds is 5. The molecule has 0 N–H and O–H groups in total. The molecule has 0 unspecified atom stereocenters. The van der Waals surface area contributed by atoms with Gasteiger partial charge in [-0.15, -0.1) is 0 Å². The Morgan fingerprint density at radius 1 is 1.06 bits per heavy atom. The summed E-state index contributed by atoms with van der Waals surface area (Å²) in [5.41, 5.74) is 0.688. The van der Waals surface area contributed by atoms with Crippen molar-refractivity contribution in [3.8, 4) is 0 Å². The molecule has 31 heavy (non-hydrogen) atoms. The normalized spacial score (nSPS) is 11.1. The second kappa shape index (κ2) is 9.22. The molecule has 0 aliphatic heterocycles. The van der Waals surface area contributed by atoms with E-state index in [4.69, 9.17) is 21.1 Å². The van der Waals surface area contributed by atoms with E-state index in [1.165, 1.54) is 22.8 Å². The van der Waals surface area contributed by atoms with Crippen LogP contribution in [0.4, 0.5) is 16.3 Å². The van der Waals surface area contributed by atoms with E-state index in [0.717, 1.165) is 5.56 Å². The first-order chi connectivity index (χ1) is 14.7. The Morgan fingerprint density at radius 3 is 2.32 bits per heavy atom. The lowest BCUT2D eigenvalue weighted by Crippen LogP contribution is -2.35. The van der Waals surface area contributed by atoms with Crippen LogP contribution in [-0.4, -0.2) is 34.6 Å². The lowest BCUT2D eigenvalue weighted by Gasteiger charge is -2.27. The van der Waals surface area contributed by atoms with E-state index in [9.17, 15) is 9.59 Å². The van der Waals surface area contributed by atoms with Crippen molar-refractivity contribution in [1.29, 1.82) is 0 Å². The fourth-order valence-corrected chi connectivity index (χ4v) is 3.11. The van der Waals surface area contributed by atoms with Crippen molar-refractivity contribution < 1.29 is 19.1 Å². The summed E-state index contributed by atoms with van der Waals surface area (Å²) in [5.74, 6) is -0.267. The first-order valence-corrected chi connectivity index (χ1v) is 10.0. The zero-order chi connectivity index (χ0) is 22.6. The minimum Gasteiger partial charge on any atom is -0.464 e. The summed E-state index contributed by atoms with van der Waals surface area (Å²) in [6, 6.07) is 17.8. The summed E-state index contributed by atoms with van der Waals surface area (Å²) < 4.78 is 12.0. The maximum atomic E-state index is 13.2. The van der Waals surface area contributed by atoms with Crippen LogP contribution < -0.4 is 4.90 Å². The summed E-state index contributed by atoms with van der Waals surface area (Å²) in [7, 11) is 1.28. The minimum atomic E-state index is -0.719. The van der Waals surface area contributed by atoms with Crippen LogP contribution >= 0.6 is 11.6 Å². The van der Waals surface area contributed by atoms with Crippen molar-refractivity contribution in [3.63, 3.8) is 0 Å². The molecule has 0 atom stereocenters. The summed E-state index contributed by atoms with van der Waals surface area (Å²) in [6.45, 7) is 5.59. The van der Waals surface area contributed by atoms with Gasteiger partial charge in [-0.25, -0.2) is 19.2 Å². The first kappa shape index (κ1) is 22.4. The number of halogens is 1. The van der Waals surface area contributed by atoms with E-state index in [1.54, 1.807) is 39.0 Å². The first-order valence-electron chi connectivity index (χ1n) is 9.67. The number of methoxy groups -OCH3 is 1. The van der Waals surface area contributed by atoms with Gasteiger partial charge < -0.3 is 9.47 Å². The van der Waals surface area contributed by atoms with Gasteiger partial charge in [0.2, 0.25) is 0 Å². The molecule has 1 amide bonds. The number of ether oxygens (including phenoxy) is 2. The molecule has 0 fully saturated rings. The smallest absolute Gasteiger partial charge is 0.420 e. The zero-order valence-corrected chi connectivity index (χ0v) is 18.6. The van der Waals surface area contributed by atoms with Gasteiger partial charge >= 0.3 is 12.1 Å². The molecule has 2 aromatic carbocycles. The van der Waals surface area contributed by atoms with Crippen LogP contribution in [0.15, 0.2) is 60.7 Å². The van der Waals surface area contributed by atoms with Gasteiger partial charge in [0.05, 0.1) is 19.3 Å². The number of amides is 1. The number of benzene rings is 2. The average molecular weight is 442 g/mol. The van der Waals surface area contributed by atoms with E-state index in [0.29, 0.717) is 16.5 Å². The fraction of sp³-hybridized carbons (Fsp3) is 0.261. The Hall–Kier alpha value is -3.32. The molecule has 0 saturated heterocycles. The van der Waals surface area contributed by atoms with Gasteiger partial charge in [-0.05, 0) is 44.5 Å². The van der Waals surface area contributed by atoms with Crippen molar-refractivity contribution in [2.45, 2.75) is 32.9 Å². The number of hydrogen-bond donors (Lipinski definition) is 0. The molecule has 0 spiro atoms. The van der Waals surface area contributed by atoms with Crippen molar-refractivity contribution in [2.75, 3.05) is 12.0 Å². The lowest BCUT2D eigenvalue weighted by atomic mass is 10.2. The topological polar surface area (TPSA) is 73.7 Å². The Kier molecular flexibility index (Phi) is 6.65. The molecule has 0 aliphatic rings. The van der Waals surface area contributed by atoms with Crippen LogP contribution in [0, 0.1) is 0 Å². The van der Waals surface area contributed by atoms with Gasteiger partial charge in [0.25, 0.3) is 0 Å². The number of nitrogens with zero attached hydrogens (tertiary/aromatic N) is 3. The monoisotopic (exact) mass is 441 g/mol. The van der Waals surface area contributed by atoms with Crippen LogP contribution in [-0.2, 0) is 16.0 Å². The van der Waals surface area contributed by atoms with Gasteiger partial charge in [0.1, 0.15) is 11.4 Å². The maximum Gasteiger partial charge on any atom is 0.420 e. The molecule has 0 bridgehead atoms. The molecule has 3 rings (SSSR count). The second-order valence-corrected chi connectivity index (χ2v) is 8.19. The highest BCUT2D eigenvalue weighted by atomic mass is 35.5. The van der Waals surface area contributed by atoms with E-state index in [1.807, 2.05) is 36.4 Å². The number of para-hydroxylation sites is 1. The van der Waals surface area contributed by atoms with Crippen LogP contribution in [0.3, 0.4) is 0 Å². The second-order valence-electron chi connectivity index (χ2n) is 7.78. The van der Waals surface area contributed by atoms with Gasteiger partial charge in [-0.3, -0.25) is 0 Å². The Morgan fingerprint density at radius 2 is 1.71 bits per heavy atom. The number of anilines is 2. The van der Waals surface area contributed by atoms with Crippen molar-refractivity contribution >= 4 is 35.2 Å². The fourth-order valence-electron chi connectivity index (χ4n) is 2.91. The highest BCUT2D eigenvalue weighted by Gasteiger charge is 2.29. The summed E-state index contributed by atoms with van der Waals surface area (Å²) in [4.78, 5) is 26.8. The third-order valence-electron chi connectivity index (χ3n) is 4.25. The predicted octanol–water partition coefficient (Wildman–Crippen LogP) is 5.44. The summed E-state index contributed by atoms with van der Waals surface area (Å²) in [6.07, 6.45) is -0.601. The highest BCUT2D eigenvalue weighted by molar-refractivity contribution is 6.31. The van der Waals surface area contributed by atoms with Gasteiger partial charge in [0.15, 0.2) is 5.69 Å². The molecule has 0 aliphatic carbocycles. The van der Waals surface area contributed by atoms with E-state index >= 15 is 0 Å². The van der Waals surface area contributed by atoms with Gasteiger partial charge in [0, 0.05) is 11.1 Å². The predicted molar refractivity (Wildman–Crippen MR) is 119 cm³/mol. The summed E-state index contributed by atoms with van der Waals surface area (Å²) >= 11 is 6.33. The number of aromatic nitrogens is 2. The van der Waals surface area contributed by atoms with Crippen LogP contribution in [0.1, 0.15) is 36.8 Å². The Labute approximate surface area is 186 Å². The van der Waals surface area contributed by atoms with Gasteiger partial charge in [-0.1, -0.05) is 48.0 Å². The summed E-state index contributed by atoms with van der Waals surface area (Å²) in [5, 5.41) is 4.92. The van der Waals surface area contributed by atoms with Crippen molar-refractivity contribution in [3.05, 3.63) is 76.9 Å². The molecule has 0 saturated carbocycles. The lowest BCUT2D eigenvalue weighted by molar-refractivity contribution is 0.0584. The minimum absolute atomic E-state index is 0.0639. The zero-order valence-electron chi connectivity index (χ0n) is 17.8. The largest absolute Gasteiger partial charge is 0.464 e. The maximum absolute atomic E-state index is 13.2. The highest BCUT2D eigenvalue weighted by Crippen LogP contribution is 2.30. The number of carbonyl (C=O) groups is 2. The third-order valence-corrected chi connectivity index (χ3v) is 4.62. The van der Waals surface area contributed by atoms with Crippen LogP contribution in [0.25, 0.3) is 0 Å². The van der Waals surface area contributed by atoms with E-state index < -0.39 is 17.7 Å². The molecule has 0 radical (unpaired) electrons. The molecule has 1 heterocycles. The number of hydrogen-bond acceptors (Lipinski definition) is 5. The third kappa shape index (κ3) is 5.44. The SMILES string of the molecule is COC(=O)c1cc(N(C(=O)OC(C)(C)C)c2ccccc2)n(Cc2ccccc2Cl)n1. The standard InChI is InChI=1S/C23H24ClN3O4/c1-23(2,3)31-22(29)27(17-11-6-5-7-12-17)20-14-19(21(28)30-4)25-26(20)15-16-10-8-9-13-18(16)24/h5-14H,15H2,1-4H3. The van der Waals surface area contributed by atoms with Crippen LogP contribution in [0.2, 0.25) is 5.02 Å². The van der Waals surface area contributed by atoms with Crippen molar-refractivity contribution in [2.24, 2.45) is 0 Å². The van der Waals surface area contributed by atoms with Gasteiger partial charge in [-0.2, -0.15) is 5.10 Å². The van der Waals surface area contributed by atoms with Crippen molar-refractivity contribution in [1.82, 2.24) is 9.78 Å². The number of esters is 1. The molecular formula is C23H24ClN3O4. The molecular weight excluding hydrogens is 418 g/mol. The molecule has 7 nitrogen and oxygen atoms in total. The Bertz CT molecular complexity index is 1070. The van der Waals surface area contributed by atoms with E-state index in [2.05, 4.69) is 5.10 Å². The quantitative estimate of drug-likeness (QED) is 0.492. The molecule has 1 aromatic heterocycles. The molecule has 8 heteroatoms. The number of carbonyl (C=O) groups excluding carboxylic acids is 2. The molecule has 162 valence electrons.